The van der Waals surface area contributed by atoms with E-state index in [0.717, 1.165) is 18.4 Å². The molecule has 3 aromatic heterocycles. The van der Waals surface area contributed by atoms with E-state index in [-0.39, 0.29) is 18.7 Å². The highest BCUT2D eigenvalue weighted by Crippen LogP contribution is 2.38. The van der Waals surface area contributed by atoms with Gasteiger partial charge in [0.15, 0.2) is 5.82 Å². The molecule has 4 aromatic rings. The Hall–Kier alpha value is -3.26. The molecule has 1 fully saturated rings. The van der Waals surface area contributed by atoms with Gasteiger partial charge in [0.25, 0.3) is 5.56 Å². The minimum atomic E-state index is -0.278. The molecule has 0 unspecified atom stereocenters. The SMILES string of the molecule is O=c1c2c(CO)c(-c3ccccc3)nn2ccn1Cc1nc(C2CC2)no1. The summed E-state index contributed by atoms with van der Waals surface area (Å²) >= 11 is 0. The third kappa shape index (κ3) is 2.74. The third-order valence-electron chi connectivity index (χ3n) is 4.80. The van der Waals surface area contributed by atoms with E-state index in [1.807, 2.05) is 30.3 Å². The highest BCUT2D eigenvalue weighted by Gasteiger charge is 2.29. The molecule has 0 radical (unpaired) electrons. The lowest BCUT2D eigenvalue weighted by Gasteiger charge is -2.03. The van der Waals surface area contributed by atoms with Crippen LogP contribution in [0.3, 0.4) is 0 Å². The predicted octanol–water partition coefficient (Wildman–Crippen LogP) is 1.96. The molecule has 1 saturated carbocycles. The molecule has 3 heterocycles. The van der Waals surface area contributed by atoms with Gasteiger partial charge in [-0.15, -0.1) is 0 Å². The van der Waals surface area contributed by atoms with Crippen LogP contribution in [0.4, 0.5) is 0 Å². The van der Waals surface area contributed by atoms with Gasteiger partial charge in [-0.05, 0) is 12.8 Å². The van der Waals surface area contributed by atoms with E-state index in [1.165, 1.54) is 9.08 Å². The summed E-state index contributed by atoms with van der Waals surface area (Å²) < 4.78 is 8.28. The Morgan fingerprint density at radius 3 is 2.74 bits per heavy atom. The molecule has 27 heavy (non-hydrogen) atoms. The van der Waals surface area contributed by atoms with Crippen molar-refractivity contribution in [3.05, 3.63) is 70.4 Å². The lowest BCUT2D eigenvalue weighted by Crippen LogP contribution is -2.22. The van der Waals surface area contributed by atoms with E-state index in [2.05, 4.69) is 15.2 Å². The van der Waals surface area contributed by atoms with Gasteiger partial charge in [0.05, 0.1) is 12.3 Å². The van der Waals surface area contributed by atoms with Crippen molar-refractivity contribution in [2.75, 3.05) is 0 Å². The van der Waals surface area contributed by atoms with Crippen LogP contribution in [0.2, 0.25) is 0 Å². The van der Waals surface area contributed by atoms with Crippen LogP contribution in [0.5, 0.6) is 0 Å². The van der Waals surface area contributed by atoms with Crippen LogP contribution in [0.1, 0.15) is 36.0 Å². The summed E-state index contributed by atoms with van der Waals surface area (Å²) in [6.07, 6.45) is 5.51. The molecule has 8 heteroatoms. The first-order valence-electron chi connectivity index (χ1n) is 8.84. The third-order valence-corrected chi connectivity index (χ3v) is 4.80. The Kier molecular flexibility index (Phi) is 3.64. The molecular weight excluding hydrogens is 346 g/mol. The van der Waals surface area contributed by atoms with E-state index in [9.17, 15) is 9.90 Å². The lowest BCUT2D eigenvalue weighted by atomic mass is 10.1. The normalized spacial score (nSPS) is 14.1. The zero-order valence-corrected chi connectivity index (χ0v) is 14.4. The van der Waals surface area contributed by atoms with Gasteiger partial charge >= 0.3 is 0 Å². The monoisotopic (exact) mass is 363 g/mol. The quantitative estimate of drug-likeness (QED) is 0.582. The van der Waals surface area contributed by atoms with Crippen LogP contribution in [0, 0.1) is 0 Å². The van der Waals surface area contributed by atoms with Crippen molar-refractivity contribution in [3.8, 4) is 11.3 Å². The highest BCUT2D eigenvalue weighted by atomic mass is 16.5. The van der Waals surface area contributed by atoms with Crippen molar-refractivity contribution in [1.82, 2.24) is 24.3 Å². The van der Waals surface area contributed by atoms with Crippen LogP contribution in [-0.4, -0.2) is 29.4 Å². The Bertz CT molecular complexity index is 1170. The van der Waals surface area contributed by atoms with E-state index >= 15 is 0 Å². The van der Waals surface area contributed by atoms with Gasteiger partial charge in [0.1, 0.15) is 12.1 Å². The Labute approximate surface area is 153 Å². The van der Waals surface area contributed by atoms with Crippen molar-refractivity contribution >= 4 is 5.52 Å². The fraction of sp³-hybridized carbons (Fsp3) is 0.263. The Morgan fingerprint density at radius 2 is 2.00 bits per heavy atom. The number of aliphatic hydroxyl groups excluding tert-OH is 1. The number of aromatic nitrogens is 5. The van der Waals surface area contributed by atoms with Crippen LogP contribution < -0.4 is 5.56 Å². The zero-order chi connectivity index (χ0) is 18.4. The summed E-state index contributed by atoms with van der Waals surface area (Å²) in [6.45, 7) is -0.0921. The lowest BCUT2D eigenvalue weighted by molar-refractivity contribution is 0.283. The van der Waals surface area contributed by atoms with Crippen molar-refractivity contribution in [1.29, 1.82) is 0 Å². The van der Waals surface area contributed by atoms with Crippen molar-refractivity contribution in [2.24, 2.45) is 0 Å². The number of nitrogens with zero attached hydrogens (tertiary/aromatic N) is 5. The first kappa shape index (κ1) is 16.0. The van der Waals surface area contributed by atoms with Crippen molar-refractivity contribution in [2.45, 2.75) is 31.9 Å². The molecule has 0 aliphatic heterocycles. The second kappa shape index (κ2) is 6.17. The molecule has 1 aliphatic rings. The summed E-state index contributed by atoms with van der Waals surface area (Å²) in [5.41, 5.74) is 2.04. The first-order chi connectivity index (χ1) is 13.2. The molecule has 1 N–H and O–H groups in total. The topological polar surface area (TPSA) is 98.4 Å². The maximum Gasteiger partial charge on any atom is 0.277 e. The zero-order valence-electron chi connectivity index (χ0n) is 14.4. The van der Waals surface area contributed by atoms with Crippen LogP contribution in [-0.2, 0) is 13.2 Å². The van der Waals surface area contributed by atoms with E-state index in [4.69, 9.17) is 4.52 Å². The molecule has 0 spiro atoms. The van der Waals surface area contributed by atoms with Crippen LogP contribution >= 0.6 is 0 Å². The van der Waals surface area contributed by atoms with Crippen molar-refractivity contribution < 1.29 is 9.63 Å². The summed E-state index contributed by atoms with van der Waals surface area (Å²) in [7, 11) is 0. The molecule has 8 nitrogen and oxygen atoms in total. The molecule has 0 bridgehead atoms. The average Bonchev–Trinajstić information content (AvgIpc) is 3.32. The number of hydrogen-bond donors (Lipinski definition) is 1. The maximum atomic E-state index is 13.0. The van der Waals surface area contributed by atoms with Gasteiger partial charge in [-0.2, -0.15) is 10.1 Å². The van der Waals surface area contributed by atoms with E-state index < -0.39 is 0 Å². The standard InChI is InChI=1S/C19H17N5O3/c25-11-14-16(12-4-2-1-3-5-12)21-24-9-8-23(19(26)17(14)24)10-15-20-18(22-27-15)13-6-7-13/h1-5,8-9,13,25H,6-7,10-11H2. The Morgan fingerprint density at radius 1 is 1.19 bits per heavy atom. The van der Waals surface area contributed by atoms with Crippen LogP contribution in [0.15, 0.2) is 52.0 Å². The minimum Gasteiger partial charge on any atom is -0.392 e. The second-order valence-corrected chi connectivity index (χ2v) is 6.70. The molecule has 0 saturated heterocycles. The predicted molar refractivity (Wildman–Crippen MR) is 96.2 cm³/mol. The maximum absolute atomic E-state index is 13.0. The van der Waals surface area contributed by atoms with Crippen molar-refractivity contribution in [3.63, 3.8) is 0 Å². The van der Waals surface area contributed by atoms with Gasteiger partial charge < -0.3 is 14.2 Å². The fourth-order valence-electron chi connectivity index (χ4n) is 3.24. The molecule has 1 aromatic carbocycles. The number of benzene rings is 1. The number of fused-ring (bicyclic) bond motifs is 1. The second-order valence-electron chi connectivity index (χ2n) is 6.70. The highest BCUT2D eigenvalue weighted by molar-refractivity contribution is 5.72. The van der Waals surface area contributed by atoms with E-state index in [1.54, 1.807) is 12.4 Å². The van der Waals surface area contributed by atoms with Gasteiger partial charge in [0.2, 0.25) is 5.89 Å². The largest absolute Gasteiger partial charge is 0.392 e. The average molecular weight is 363 g/mol. The fourth-order valence-corrected chi connectivity index (χ4v) is 3.24. The smallest absolute Gasteiger partial charge is 0.277 e. The summed E-state index contributed by atoms with van der Waals surface area (Å²) in [5.74, 6) is 1.51. The molecular formula is C19H17N5O3. The minimum absolute atomic E-state index is 0.186. The summed E-state index contributed by atoms with van der Waals surface area (Å²) in [5, 5.41) is 18.4. The first-order valence-corrected chi connectivity index (χ1v) is 8.84. The van der Waals surface area contributed by atoms with Gasteiger partial charge in [-0.1, -0.05) is 35.5 Å². The molecule has 0 atom stereocenters. The number of rotatable bonds is 5. The number of hydrogen-bond acceptors (Lipinski definition) is 6. The Balaban J connectivity index is 1.58. The number of aliphatic hydroxyl groups is 1. The van der Waals surface area contributed by atoms with Gasteiger partial charge in [-0.25, -0.2) is 4.52 Å². The van der Waals surface area contributed by atoms with Crippen LogP contribution in [0.25, 0.3) is 16.8 Å². The summed E-state index contributed by atoms with van der Waals surface area (Å²) in [6, 6.07) is 9.50. The molecule has 136 valence electrons. The van der Waals surface area contributed by atoms with E-state index in [0.29, 0.717) is 34.4 Å². The van der Waals surface area contributed by atoms with Gasteiger partial charge in [-0.3, -0.25) is 4.79 Å². The molecule has 1 aliphatic carbocycles. The summed E-state index contributed by atoms with van der Waals surface area (Å²) in [4.78, 5) is 17.4. The van der Waals surface area contributed by atoms with Gasteiger partial charge in [0, 0.05) is 29.4 Å². The molecule has 5 rings (SSSR count). The molecule has 0 amide bonds.